The standard InChI is InChI=1S/C18H19BrN4O3/c1-13-12-14(2-7-17(13)19)20-18(24)22-10-8-21(9-11-22)15-3-5-16(6-4-15)23(25)26/h2-7,12H,8-11H2,1H3,(H,20,24). The monoisotopic (exact) mass is 418 g/mol. The summed E-state index contributed by atoms with van der Waals surface area (Å²) in [6.45, 7) is 4.54. The molecule has 2 aromatic carbocycles. The first-order valence-electron chi connectivity index (χ1n) is 8.25. The molecule has 1 heterocycles. The van der Waals surface area contributed by atoms with Crippen LogP contribution in [-0.4, -0.2) is 42.0 Å². The van der Waals surface area contributed by atoms with Crippen molar-refractivity contribution in [2.45, 2.75) is 6.92 Å². The molecule has 1 N–H and O–H groups in total. The van der Waals surface area contributed by atoms with Crippen LogP contribution in [0.15, 0.2) is 46.9 Å². The third-order valence-electron chi connectivity index (χ3n) is 4.40. The molecule has 1 aliphatic rings. The third-order valence-corrected chi connectivity index (χ3v) is 5.29. The average Bonchev–Trinajstić information content (AvgIpc) is 2.65. The van der Waals surface area contributed by atoms with E-state index < -0.39 is 4.92 Å². The summed E-state index contributed by atoms with van der Waals surface area (Å²) in [6.07, 6.45) is 0. The minimum absolute atomic E-state index is 0.0801. The van der Waals surface area contributed by atoms with E-state index in [9.17, 15) is 14.9 Å². The van der Waals surface area contributed by atoms with Gasteiger partial charge in [0, 0.05) is 54.2 Å². The van der Waals surface area contributed by atoms with Gasteiger partial charge in [0.15, 0.2) is 0 Å². The first-order chi connectivity index (χ1) is 12.4. The van der Waals surface area contributed by atoms with Crippen molar-refractivity contribution in [1.29, 1.82) is 0 Å². The van der Waals surface area contributed by atoms with Gasteiger partial charge in [0.05, 0.1) is 4.92 Å². The fourth-order valence-electron chi connectivity index (χ4n) is 2.88. The fourth-order valence-corrected chi connectivity index (χ4v) is 3.12. The molecule has 0 spiro atoms. The second-order valence-electron chi connectivity index (χ2n) is 6.14. The molecule has 2 amide bonds. The zero-order valence-electron chi connectivity index (χ0n) is 14.3. The lowest BCUT2D eigenvalue weighted by atomic mass is 10.2. The Kier molecular flexibility index (Phi) is 5.41. The number of aryl methyl sites for hydroxylation is 1. The summed E-state index contributed by atoms with van der Waals surface area (Å²) in [7, 11) is 0. The molecule has 1 aliphatic heterocycles. The van der Waals surface area contributed by atoms with Gasteiger partial charge in [0.25, 0.3) is 5.69 Å². The van der Waals surface area contributed by atoms with Crippen LogP contribution in [0.5, 0.6) is 0 Å². The van der Waals surface area contributed by atoms with Crippen LogP contribution >= 0.6 is 15.9 Å². The highest BCUT2D eigenvalue weighted by molar-refractivity contribution is 9.10. The van der Waals surface area contributed by atoms with E-state index in [1.165, 1.54) is 12.1 Å². The van der Waals surface area contributed by atoms with Gasteiger partial charge in [-0.1, -0.05) is 15.9 Å². The molecule has 0 aromatic heterocycles. The van der Waals surface area contributed by atoms with Crippen molar-refractivity contribution >= 4 is 39.0 Å². The molecule has 136 valence electrons. The van der Waals surface area contributed by atoms with Gasteiger partial charge in [-0.15, -0.1) is 0 Å². The summed E-state index contributed by atoms with van der Waals surface area (Å²) in [6, 6.07) is 12.1. The topological polar surface area (TPSA) is 78.7 Å². The molecule has 0 radical (unpaired) electrons. The maximum Gasteiger partial charge on any atom is 0.321 e. The van der Waals surface area contributed by atoms with Crippen LogP contribution in [-0.2, 0) is 0 Å². The second-order valence-corrected chi connectivity index (χ2v) is 7.00. The van der Waals surface area contributed by atoms with Crippen LogP contribution in [0.2, 0.25) is 0 Å². The lowest BCUT2D eigenvalue weighted by Crippen LogP contribution is -2.50. The summed E-state index contributed by atoms with van der Waals surface area (Å²) in [5.41, 5.74) is 2.84. The Labute approximate surface area is 159 Å². The van der Waals surface area contributed by atoms with Crippen LogP contribution in [0, 0.1) is 17.0 Å². The molecule has 2 aromatic rings. The summed E-state index contributed by atoms with van der Waals surface area (Å²) in [5, 5.41) is 13.7. The average molecular weight is 419 g/mol. The van der Waals surface area contributed by atoms with Crippen LogP contribution in [0.25, 0.3) is 0 Å². The number of hydrogen-bond donors (Lipinski definition) is 1. The normalized spacial score (nSPS) is 14.2. The number of hydrogen-bond acceptors (Lipinski definition) is 4. The Morgan fingerprint density at radius 3 is 2.35 bits per heavy atom. The van der Waals surface area contributed by atoms with Crippen LogP contribution in [0.3, 0.4) is 0 Å². The van der Waals surface area contributed by atoms with Gasteiger partial charge in [0.2, 0.25) is 0 Å². The first-order valence-corrected chi connectivity index (χ1v) is 9.05. The van der Waals surface area contributed by atoms with Gasteiger partial charge in [-0.3, -0.25) is 10.1 Å². The van der Waals surface area contributed by atoms with Gasteiger partial charge in [-0.25, -0.2) is 4.79 Å². The van der Waals surface area contributed by atoms with Gasteiger partial charge < -0.3 is 15.1 Å². The van der Waals surface area contributed by atoms with Crippen molar-refractivity contribution in [3.8, 4) is 0 Å². The molecule has 7 nitrogen and oxygen atoms in total. The summed E-state index contributed by atoms with van der Waals surface area (Å²) in [5.74, 6) is 0. The Morgan fingerprint density at radius 1 is 1.12 bits per heavy atom. The highest BCUT2D eigenvalue weighted by atomic mass is 79.9. The SMILES string of the molecule is Cc1cc(NC(=O)N2CCN(c3ccc([N+](=O)[O-])cc3)CC2)ccc1Br. The number of non-ortho nitro benzene ring substituents is 1. The minimum Gasteiger partial charge on any atom is -0.368 e. The molecule has 26 heavy (non-hydrogen) atoms. The maximum atomic E-state index is 12.4. The summed E-state index contributed by atoms with van der Waals surface area (Å²) >= 11 is 3.45. The van der Waals surface area contributed by atoms with E-state index >= 15 is 0 Å². The molecule has 1 saturated heterocycles. The summed E-state index contributed by atoms with van der Waals surface area (Å²) < 4.78 is 1.01. The number of amides is 2. The summed E-state index contributed by atoms with van der Waals surface area (Å²) in [4.78, 5) is 26.7. The number of urea groups is 1. The number of halogens is 1. The van der Waals surface area contributed by atoms with Gasteiger partial charge in [0.1, 0.15) is 0 Å². The smallest absolute Gasteiger partial charge is 0.321 e. The number of piperazine rings is 1. The minimum atomic E-state index is -0.407. The molecule has 3 rings (SSSR count). The largest absolute Gasteiger partial charge is 0.368 e. The Morgan fingerprint density at radius 2 is 1.77 bits per heavy atom. The van der Waals surface area contributed by atoms with Gasteiger partial charge >= 0.3 is 6.03 Å². The predicted octanol–water partition coefficient (Wildman–Crippen LogP) is 4.02. The van der Waals surface area contributed by atoms with E-state index in [1.807, 2.05) is 25.1 Å². The number of nitrogens with zero attached hydrogens (tertiary/aromatic N) is 3. The quantitative estimate of drug-likeness (QED) is 0.602. The van der Waals surface area contributed by atoms with Crippen molar-refractivity contribution in [1.82, 2.24) is 4.90 Å². The number of benzene rings is 2. The Balaban J connectivity index is 1.56. The zero-order chi connectivity index (χ0) is 18.7. The molecule has 0 bridgehead atoms. The van der Waals surface area contributed by atoms with E-state index in [0.717, 1.165) is 21.4 Å². The van der Waals surface area contributed by atoms with Crippen molar-refractivity contribution < 1.29 is 9.72 Å². The Bertz CT molecular complexity index is 818. The highest BCUT2D eigenvalue weighted by Gasteiger charge is 2.21. The van der Waals surface area contributed by atoms with Crippen molar-refractivity contribution in [2.24, 2.45) is 0 Å². The Hall–Kier alpha value is -2.61. The number of carbonyl (C=O) groups is 1. The van der Waals surface area contributed by atoms with E-state index in [-0.39, 0.29) is 11.7 Å². The molecule has 0 unspecified atom stereocenters. The van der Waals surface area contributed by atoms with E-state index in [1.54, 1.807) is 17.0 Å². The first kappa shape index (κ1) is 18.2. The molecule has 1 fully saturated rings. The van der Waals surface area contributed by atoms with Crippen LogP contribution in [0.1, 0.15) is 5.56 Å². The van der Waals surface area contributed by atoms with E-state index in [4.69, 9.17) is 0 Å². The van der Waals surface area contributed by atoms with Crippen LogP contribution in [0.4, 0.5) is 21.9 Å². The molecule has 0 saturated carbocycles. The molecule has 0 atom stereocenters. The highest BCUT2D eigenvalue weighted by Crippen LogP contribution is 2.22. The second kappa shape index (κ2) is 7.74. The lowest BCUT2D eigenvalue weighted by molar-refractivity contribution is -0.384. The number of carbonyl (C=O) groups excluding carboxylic acids is 1. The third kappa shape index (κ3) is 4.13. The number of nitro benzene ring substituents is 1. The van der Waals surface area contributed by atoms with E-state index in [0.29, 0.717) is 26.2 Å². The van der Waals surface area contributed by atoms with Crippen molar-refractivity contribution in [3.63, 3.8) is 0 Å². The van der Waals surface area contributed by atoms with Gasteiger partial charge in [-0.05, 0) is 42.8 Å². The fraction of sp³-hybridized carbons (Fsp3) is 0.278. The van der Waals surface area contributed by atoms with E-state index in [2.05, 4.69) is 26.1 Å². The van der Waals surface area contributed by atoms with Gasteiger partial charge in [-0.2, -0.15) is 0 Å². The molecular formula is C18H19BrN4O3. The predicted molar refractivity (Wildman–Crippen MR) is 105 cm³/mol. The maximum absolute atomic E-state index is 12.4. The number of rotatable bonds is 3. The van der Waals surface area contributed by atoms with Crippen molar-refractivity contribution in [2.75, 3.05) is 36.4 Å². The molecular weight excluding hydrogens is 400 g/mol. The van der Waals surface area contributed by atoms with Crippen molar-refractivity contribution in [3.05, 3.63) is 62.6 Å². The number of anilines is 2. The zero-order valence-corrected chi connectivity index (χ0v) is 15.9. The molecule has 8 heteroatoms. The number of nitro groups is 1. The lowest BCUT2D eigenvalue weighted by Gasteiger charge is -2.36. The van der Waals surface area contributed by atoms with Crippen LogP contribution < -0.4 is 10.2 Å². The molecule has 0 aliphatic carbocycles. The number of nitrogens with one attached hydrogen (secondary N) is 1.